The molecular weight excluding hydrogens is 380 g/mol. The molecule has 1 aliphatic heterocycles. The van der Waals surface area contributed by atoms with E-state index in [9.17, 15) is 13.2 Å². The van der Waals surface area contributed by atoms with Gasteiger partial charge in [0.1, 0.15) is 5.60 Å². The van der Waals surface area contributed by atoms with Crippen molar-refractivity contribution in [3.8, 4) is 0 Å². The number of ether oxygens (including phenoxy) is 1. The summed E-state index contributed by atoms with van der Waals surface area (Å²) in [6.07, 6.45) is 2.31. The van der Waals surface area contributed by atoms with Gasteiger partial charge < -0.3 is 9.16 Å². The van der Waals surface area contributed by atoms with Gasteiger partial charge in [0.05, 0.1) is 11.0 Å². The van der Waals surface area contributed by atoms with Crippen LogP contribution in [-0.2, 0) is 23.8 Å². The predicted molar refractivity (Wildman–Crippen MR) is 107 cm³/mol. The summed E-state index contributed by atoms with van der Waals surface area (Å²) in [7, 11) is -5.82. The molecule has 27 heavy (non-hydrogen) atoms. The van der Waals surface area contributed by atoms with E-state index < -0.39 is 35.0 Å². The summed E-state index contributed by atoms with van der Waals surface area (Å²) in [5.74, 6) is -0.635. The van der Waals surface area contributed by atoms with Crippen molar-refractivity contribution in [2.45, 2.75) is 86.4 Å². The predicted octanol–water partition coefficient (Wildman–Crippen LogP) is 4.09. The van der Waals surface area contributed by atoms with Gasteiger partial charge in [-0.15, -0.1) is 0 Å². The molecule has 0 N–H and O–H groups in total. The molecule has 1 saturated carbocycles. The Bertz CT molecular complexity index is 813. The second-order valence-corrected chi connectivity index (χ2v) is 16.2. The van der Waals surface area contributed by atoms with Gasteiger partial charge in [-0.05, 0) is 49.5 Å². The summed E-state index contributed by atoms with van der Waals surface area (Å²) in [6, 6.07) is 8.16. The van der Waals surface area contributed by atoms with Crippen LogP contribution in [0.3, 0.4) is 0 Å². The van der Waals surface area contributed by atoms with Crippen LogP contribution in [0.5, 0.6) is 0 Å². The van der Waals surface area contributed by atoms with Gasteiger partial charge in [-0.3, -0.25) is 4.79 Å². The van der Waals surface area contributed by atoms with Crippen molar-refractivity contribution in [3.63, 3.8) is 0 Å². The average molecular weight is 411 g/mol. The van der Waals surface area contributed by atoms with Crippen molar-refractivity contribution in [2.75, 3.05) is 0 Å². The molecule has 2 fully saturated rings. The number of carbonyl (C=O) groups excluding carboxylic acids is 1. The number of sulfone groups is 1. The number of hydrogen-bond acceptors (Lipinski definition) is 5. The van der Waals surface area contributed by atoms with Crippen molar-refractivity contribution >= 4 is 24.1 Å². The van der Waals surface area contributed by atoms with Crippen LogP contribution in [0, 0.1) is 0 Å². The molecule has 7 heteroatoms. The third kappa shape index (κ3) is 3.61. The highest BCUT2D eigenvalue weighted by Crippen LogP contribution is 2.48. The summed E-state index contributed by atoms with van der Waals surface area (Å²) in [5, 5.41) is -1.11. The lowest BCUT2D eigenvalue weighted by Gasteiger charge is -2.42. The third-order valence-electron chi connectivity index (χ3n) is 6.44. The molecule has 0 unspecified atom stereocenters. The quantitative estimate of drug-likeness (QED) is 0.552. The largest absolute Gasteiger partial charge is 0.455 e. The number of hydrogen-bond donors (Lipinski definition) is 0. The van der Waals surface area contributed by atoms with Crippen molar-refractivity contribution in [1.82, 2.24) is 0 Å². The Morgan fingerprint density at radius 1 is 1.19 bits per heavy atom. The first-order valence-corrected chi connectivity index (χ1v) is 14.0. The lowest BCUT2D eigenvalue weighted by atomic mass is 9.96. The van der Waals surface area contributed by atoms with Crippen LogP contribution in [0.25, 0.3) is 0 Å². The molecule has 1 saturated heterocycles. The van der Waals surface area contributed by atoms with Crippen molar-refractivity contribution < 1.29 is 22.4 Å². The van der Waals surface area contributed by atoms with Crippen molar-refractivity contribution in [3.05, 3.63) is 30.3 Å². The topological polar surface area (TPSA) is 69.7 Å². The molecule has 1 aromatic rings. The van der Waals surface area contributed by atoms with Gasteiger partial charge >= 0.3 is 5.97 Å². The maximum absolute atomic E-state index is 13.0. The summed E-state index contributed by atoms with van der Waals surface area (Å²) >= 11 is 0. The van der Waals surface area contributed by atoms with E-state index in [1.54, 1.807) is 18.2 Å². The summed E-state index contributed by atoms with van der Waals surface area (Å²) in [4.78, 5) is 12.8. The van der Waals surface area contributed by atoms with Crippen molar-refractivity contribution in [2.24, 2.45) is 0 Å². The van der Waals surface area contributed by atoms with E-state index >= 15 is 0 Å². The Balaban J connectivity index is 1.87. The molecule has 0 bridgehead atoms. The van der Waals surface area contributed by atoms with Gasteiger partial charge in [-0.2, -0.15) is 0 Å². The fourth-order valence-electron chi connectivity index (χ4n) is 3.78. The zero-order valence-electron chi connectivity index (χ0n) is 16.8. The van der Waals surface area contributed by atoms with Crippen LogP contribution >= 0.6 is 0 Å². The fourth-order valence-corrected chi connectivity index (χ4v) is 6.84. The third-order valence-corrected chi connectivity index (χ3v) is 13.0. The Hall–Kier alpha value is -1.18. The molecule has 0 aromatic heterocycles. The average Bonchev–Trinajstić information content (AvgIpc) is 3.11. The van der Waals surface area contributed by atoms with Gasteiger partial charge in [0.25, 0.3) is 0 Å². The molecule has 3 atom stereocenters. The van der Waals surface area contributed by atoms with E-state index in [0.29, 0.717) is 6.42 Å². The number of carbonyl (C=O) groups is 1. The summed E-state index contributed by atoms with van der Waals surface area (Å²) in [6.45, 7) is 10.9. The molecule has 3 rings (SSSR count). The molecule has 1 aliphatic carbocycles. The highest BCUT2D eigenvalue weighted by molar-refractivity contribution is 7.92. The first-order chi connectivity index (χ1) is 12.4. The van der Waals surface area contributed by atoms with E-state index in [0.717, 1.165) is 12.8 Å². The smallest absolute Gasteiger partial charge is 0.325 e. The molecule has 5 nitrogen and oxygen atoms in total. The first-order valence-electron chi connectivity index (χ1n) is 9.59. The van der Waals surface area contributed by atoms with E-state index in [1.807, 2.05) is 0 Å². The monoisotopic (exact) mass is 410 g/mol. The van der Waals surface area contributed by atoms with E-state index in [4.69, 9.17) is 9.16 Å². The maximum atomic E-state index is 13.0. The molecule has 1 heterocycles. The van der Waals surface area contributed by atoms with Crippen LogP contribution < -0.4 is 0 Å². The van der Waals surface area contributed by atoms with Crippen LogP contribution in [0.15, 0.2) is 35.2 Å². The van der Waals surface area contributed by atoms with Gasteiger partial charge in [-0.1, -0.05) is 39.0 Å². The Morgan fingerprint density at radius 3 is 2.41 bits per heavy atom. The molecule has 2 aliphatic rings. The van der Waals surface area contributed by atoms with E-state index in [2.05, 4.69) is 33.9 Å². The highest BCUT2D eigenvalue weighted by atomic mass is 32.2. The fraction of sp³-hybridized carbons (Fsp3) is 0.650. The minimum atomic E-state index is -3.77. The molecular formula is C20H30O5SSi. The number of benzene rings is 1. The molecule has 0 amide bonds. The zero-order chi connectivity index (χ0) is 20.1. The minimum Gasteiger partial charge on any atom is -0.455 e. The molecule has 150 valence electrons. The van der Waals surface area contributed by atoms with Crippen molar-refractivity contribution in [1.29, 1.82) is 0 Å². The minimum absolute atomic E-state index is 0.0366. The van der Waals surface area contributed by atoms with Crippen LogP contribution in [0.4, 0.5) is 0 Å². The van der Waals surface area contributed by atoms with Crippen LogP contribution in [0.1, 0.15) is 46.5 Å². The molecule has 1 aromatic carbocycles. The second-order valence-electron chi connectivity index (χ2n) is 9.30. The Morgan fingerprint density at radius 2 is 1.81 bits per heavy atom. The molecule has 1 spiro atoms. The van der Waals surface area contributed by atoms with Gasteiger partial charge in [0.15, 0.2) is 23.4 Å². The number of rotatable bonds is 4. The second kappa shape index (κ2) is 6.71. The van der Waals surface area contributed by atoms with Gasteiger partial charge in [-0.25, -0.2) is 8.42 Å². The lowest BCUT2D eigenvalue weighted by molar-refractivity contribution is -0.154. The van der Waals surface area contributed by atoms with E-state index in [1.165, 1.54) is 12.1 Å². The number of esters is 1. The molecule has 0 radical (unpaired) electrons. The first kappa shape index (κ1) is 20.5. The SMILES string of the molecule is CC(C)(C)[Si](C)(C)O[C@H]1CCC[C@]12C[C@@H](S(=O)(=O)c1ccccc1)C(=O)O2. The Labute approximate surface area is 163 Å². The Kier molecular flexibility index (Phi) is 5.10. The van der Waals surface area contributed by atoms with E-state index in [-0.39, 0.29) is 22.5 Å². The lowest BCUT2D eigenvalue weighted by Crippen LogP contribution is -2.50. The summed E-state index contributed by atoms with van der Waals surface area (Å²) in [5.41, 5.74) is -0.806. The van der Waals surface area contributed by atoms with Gasteiger partial charge in [0.2, 0.25) is 0 Å². The van der Waals surface area contributed by atoms with Crippen LogP contribution in [-0.4, -0.2) is 39.7 Å². The highest BCUT2D eigenvalue weighted by Gasteiger charge is 2.59. The standard InChI is InChI=1S/C20H30O5SSi/c1-19(2,3)27(4,5)25-17-12-9-13-20(17)14-16(18(21)24-20)26(22,23)15-10-7-6-8-11-15/h6-8,10-11,16-17H,9,12-14H2,1-5H3/t16-,17+,20+/m1/s1. The summed E-state index contributed by atoms with van der Waals surface area (Å²) < 4.78 is 38.4. The normalized spacial score (nSPS) is 29.3. The zero-order valence-corrected chi connectivity index (χ0v) is 18.6. The van der Waals surface area contributed by atoms with Crippen LogP contribution in [0.2, 0.25) is 18.1 Å². The maximum Gasteiger partial charge on any atom is 0.325 e. The van der Waals surface area contributed by atoms with Gasteiger partial charge in [0, 0.05) is 6.42 Å².